The molecule has 2 rings (SSSR count). The van der Waals surface area contributed by atoms with Gasteiger partial charge in [0, 0.05) is 11.6 Å². The standard InChI is InChI=1S/C17H21NO4/c1-11(15(19)20)9-12-10-18(16(21)22-17(2,3)4)14-8-6-5-7-13(12)14/h5-8,10-11H,9H2,1-4H3,(H,19,20)/t11-/m0/s1. The summed E-state index contributed by atoms with van der Waals surface area (Å²) in [5, 5.41) is 9.96. The third-order valence-electron chi connectivity index (χ3n) is 3.33. The predicted molar refractivity (Wildman–Crippen MR) is 84.1 cm³/mol. The molecule has 2 aromatic rings. The van der Waals surface area contributed by atoms with Crippen LogP contribution in [0.2, 0.25) is 0 Å². The molecule has 0 amide bonds. The first-order chi connectivity index (χ1) is 10.2. The first-order valence-electron chi connectivity index (χ1n) is 7.24. The molecule has 0 radical (unpaired) electrons. The van der Waals surface area contributed by atoms with Crippen molar-refractivity contribution < 1.29 is 19.4 Å². The van der Waals surface area contributed by atoms with E-state index in [-0.39, 0.29) is 0 Å². The highest BCUT2D eigenvalue weighted by atomic mass is 16.6. The van der Waals surface area contributed by atoms with Crippen molar-refractivity contribution in [3.05, 3.63) is 36.0 Å². The van der Waals surface area contributed by atoms with E-state index in [4.69, 9.17) is 9.84 Å². The lowest BCUT2D eigenvalue weighted by Gasteiger charge is -2.19. The van der Waals surface area contributed by atoms with E-state index in [1.54, 1.807) is 13.1 Å². The third kappa shape index (κ3) is 3.47. The van der Waals surface area contributed by atoms with Gasteiger partial charge < -0.3 is 9.84 Å². The van der Waals surface area contributed by atoms with Crippen molar-refractivity contribution in [1.29, 1.82) is 0 Å². The first kappa shape index (κ1) is 16.1. The highest BCUT2D eigenvalue weighted by Crippen LogP contribution is 2.25. The van der Waals surface area contributed by atoms with Gasteiger partial charge in [-0.05, 0) is 38.8 Å². The summed E-state index contributed by atoms with van der Waals surface area (Å²) in [6.07, 6.45) is 1.59. The van der Waals surface area contributed by atoms with E-state index in [1.165, 1.54) is 4.57 Å². The average molecular weight is 303 g/mol. The van der Waals surface area contributed by atoms with E-state index in [2.05, 4.69) is 0 Å². The number of aromatic nitrogens is 1. The minimum absolute atomic E-state index is 0.367. The lowest BCUT2D eigenvalue weighted by molar-refractivity contribution is -0.141. The number of aliphatic carboxylic acids is 1. The number of carbonyl (C=O) groups excluding carboxylic acids is 1. The molecule has 0 fully saturated rings. The van der Waals surface area contributed by atoms with Crippen LogP contribution < -0.4 is 0 Å². The lowest BCUT2D eigenvalue weighted by atomic mass is 10.0. The molecule has 118 valence electrons. The maximum Gasteiger partial charge on any atom is 0.419 e. The van der Waals surface area contributed by atoms with E-state index < -0.39 is 23.6 Å². The Kier molecular flexibility index (Phi) is 4.26. The molecule has 0 aliphatic heterocycles. The number of rotatable bonds is 3. The molecule has 5 nitrogen and oxygen atoms in total. The summed E-state index contributed by atoms with van der Waals surface area (Å²) < 4.78 is 6.85. The topological polar surface area (TPSA) is 68.5 Å². The summed E-state index contributed by atoms with van der Waals surface area (Å²) in [5.41, 5.74) is 0.970. The van der Waals surface area contributed by atoms with Crippen molar-refractivity contribution in [2.24, 2.45) is 5.92 Å². The van der Waals surface area contributed by atoms with Crippen LogP contribution in [0.4, 0.5) is 4.79 Å². The number of carboxylic acid groups (broad SMARTS) is 1. The number of para-hydroxylation sites is 1. The number of ether oxygens (including phenoxy) is 1. The second-order valence-electron chi connectivity index (χ2n) is 6.47. The Morgan fingerprint density at radius 2 is 1.91 bits per heavy atom. The number of hydrogen-bond donors (Lipinski definition) is 1. The largest absolute Gasteiger partial charge is 0.481 e. The van der Waals surface area contributed by atoms with Gasteiger partial charge in [0.25, 0.3) is 0 Å². The zero-order chi connectivity index (χ0) is 16.5. The van der Waals surface area contributed by atoms with Gasteiger partial charge in [-0.25, -0.2) is 4.79 Å². The Balaban J connectivity index is 2.44. The average Bonchev–Trinajstić information content (AvgIpc) is 2.76. The van der Waals surface area contributed by atoms with Crippen LogP contribution >= 0.6 is 0 Å². The Morgan fingerprint density at radius 3 is 2.50 bits per heavy atom. The van der Waals surface area contributed by atoms with Crippen molar-refractivity contribution in [1.82, 2.24) is 4.57 Å². The fourth-order valence-electron chi connectivity index (χ4n) is 2.29. The molecule has 22 heavy (non-hydrogen) atoms. The van der Waals surface area contributed by atoms with Gasteiger partial charge in [0.1, 0.15) is 5.60 Å². The SMILES string of the molecule is C[C@@H](Cc1cn(C(=O)OC(C)(C)C)c2ccccc12)C(=O)O. The number of nitrogens with zero attached hydrogens (tertiary/aromatic N) is 1. The van der Waals surface area contributed by atoms with E-state index in [0.717, 1.165) is 16.5 Å². The zero-order valence-electron chi connectivity index (χ0n) is 13.3. The van der Waals surface area contributed by atoms with Crippen molar-refractivity contribution in [3.8, 4) is 0 Å². The van der Waals surface area contributed by atoms with Gasteiger partial charge >= 0.3 is 12.1 Å². The molecule has 0 aliphatic carbocycles. The summed E-state index contributed by atoms with van der Waals surface area (Å²) in [4.78, 5) is 23.4. The van der Waals surface area contributed by atoms with Crippen LogP contribution in [0.1, 0.15) is 33.3 Å². The molecule has 0 aliphatic rings. The molecule has 0 spiro atoms. The van der Waals surface area contributed by atoms with Crippen LogP contribution in [-0.4, -0.2) is 27.3 Å². The summed E-state index contributed by atoms with van der Waals surface area (Å²) in [6, 6.07) is 7.43. The fraction of sp³-hybridized carbons (Fsp3) is 0.412. The lowest BCUT2D eigenvalue weighted by Crippen LogP contribution is -2.26. The molecule has 0 saturated carbocycles. The van der Waals surface area contributed by atoms with Gasteiger partial charge in [0.05, 0.1) is 11.4 Å². The van der Waals surface area contributed by atoms with Crippen LogP contribution in [0, 0.1) is 5.92 Å². The fourth-order valence-corrected chi connectivity index (χ4v) is 2.29. The molecule has 5 heteroatoms. The minimum Gasteiger partial charge on any atom is -0.481 e. The summed E-state index contributed by atoms with van der Waals surface area (Å²) in [7, 11) is 0. The normalized spacial score (nSPS) is 13.1. The van der Waals surface area contributed by atoms with Crippen LogP contribution in [-0.2, 0) is 16.0 Å². The highest BCUT2D eigenvalue weighted by molar-refractivity contribution is 5.92. The van der Waals surface area contributed by atoms with E-state index in [1.807, 2.05) is 45.0 Å². The minimum atomic E-state index is -0.853. The Hall–Kier alpha value is -2.30. The van der Waals surface area contributed by atoms with Gasteiger partial charge in [0.15, 0.2) is 0 Å². The van der Waals surface area contributed by atoms with Gasteiger partial charge in [-0.2, -0.15) is 0 Å². The van der Waals surface area contributed by atoms with E-state index in [0.29, 0.717) is 6.42 Å². The smallest absolute Gasteiger partial charge is 0.419 e. The Morgan fingerprint density at radius 1 is 1.27 bits per heavy atom. The maximum atomic E-state index is 12.3. The maximum absolute atomic E-state index is 12.3. The predicted octanol–water partition coefficient (Wildman–Crippen LogP) is 3.69. The second-order valence-corrected chi connectivity index (χ2v) is 6.47. The highest BCUT2D eigenvalue weighted by Gasteiger charge is 2.22. The number of fused-ring (bicyclic) bond motifs is 1. The Bertz CT molecular complexity index is 709. The van der Waals surface area contributed by atoms with Crippen molar-refractivity contribution in [3.63, 3.8) is 0 Å². The number of carboxylic acids is 1. The molecule has 1 heterocycles. The number of benzene rings is 1. The molecular formula is C17H21NO4. The van der Waals surface area contributed by atoms with Crippen LogP contribution in [0.5, 0.6) is 0 Å². The summed E-state index contributed by atoms with van der Waals surface area (Å²) in [5.74, 6) is -1.37. The molecule has 1 aromatic heterocycles. The molecule has 0 unspecified atom stereocenters. The van der Waals surface area contributed by atoms with Crippen LogP contribution in [0.3, 0.4) is 0 Å². The molecule has 0 saturated heterocycles. The molecule has 1 N–H and O–H groups in total. The van der Waals surface area contributed by atoms with Gasteiger partial charge in [-0.3, -0.25) is 9.36 Å². The number of hydrogen-bond acceptors (Lipinski definition) is 3. The molecular weight excluding hydrogens is 282 g/mol. The molecule has 1 aromatic carbocycles. The second kappa shape index (κ2) is 5.83. The van der Waals surface area contributed by atoms with Crippen molar-refractivity contribution in [2.75, 3.05) is 0 Å². The van der Waals surface area contributed by atoms with Crippen LogP contribution in [0.25, 0.3) is 10.9 Å². The number of carbonyl (C=O) groups is 2. The zero-order valence-corrected chi connectivity index (χ0v) is 13.3. The van der Waals surface area contributed by atoms with Gasteiger partial charge in [-0.1, -0.05) is 25.1 Å². The molecule has 1 atom stereocenters. The van der Waals surface area contributed by atoms with Gasteiger partial charge in [-0.15, -0.1) is 0 Å². The van der Waals surface area contributed by atoms with E-state index in [9.17, 15) is 9.59 Å². The quantitative estimate of drug-likeness (QED) is 0.939. The Labute approximate surface area is 129 Å². The third-order valence-corrected chi connectivity index (χ3v) is 3.33. The van der Waals surface area contributed by atoms with E-state index >= 15 is 0 Å². The first-order valence-corrected chi connectivity index (χ1v) is 7.24. The van der Waals surface area contributed by atoms with Crippen molar-refractivity contribution >= 4 is 23.0 Å². The van der Waals surface area contributed by atoms with Gasteiger partial charge in [0.2, 0.25) is 0 Å². The summed E-state index contributed by atoms with van der Waals surface area (Å²) in [6.45, 7) is 7.08. The van der Waals surface area contributed by atoms with Crippen molar-refractivity contribution in [2.45, 2.75) is 39.7 Å². The van der Waals surface area contributed by atoms with Crippen LogP contribution in [0.15, 0.2) is 30.5 Å². The monoisotopic (exact) mass is 303 g/mol. The summed E-state index contributed by atoms with van der Waals surface area (Å²) >= 11 is 0. The molecule has 0 bridgehead atoms.